The van der Waals surface area contributed by atoms with E-state index in [1.165, 1.54) is 0 Å². The van der Waals surface area contributed by atoms with E-state index in [0.717, 1.165) is 30.8 Å². The molecule has 0 atom stereocenters. The Morgan fingerprint density at radius 3 is 2.82 bits per heavy atom. The average Bonchev–Trinajstić information content (AvgIpc) is 2.31. The number of carbonyl (C=O) groups excluding carboxylic acids is 1. The van der Waals surface area contributed by atoms with E-state index >= 15 is 0 Å². The fraction of sp³-hybridized carbons (Fsp3) is 0.462. The minimum absolute atomic E-state index is 0.0203. The second-order valence-corrected chi connectivity index (χ2v) is 4.02. The Morgan fingerprint density at radius 2 is 2.18 bits per heavy atom. The molecule has 0 aromatic heterocycles. The zero-order chi connectivity index (χ0) is 12.1. The van der Waals surface area contributed by atoms with Crippen LogP contribution in [0.5, 0.6) is 5.75 Å². The molecular weight excluding hydrogens is 218 g/mol. The number of hydrogen-bond donors (Lipinski definition) is 1. The molecule has 0 radical (unpaired) electrons. The van der Waals surface area contributed by atoms with E-state index in [-0.39, 0.29) is 18.7 Å². The Labute approximate surface area is 101 Å². The fourth-order valence-corrected chi connectivity index (χ4v) is 1.64. The number of carbonyl (C=O) groups is 1. The Morgan fingerprint density at radius 1 is 1.41 bits per heavy atom. The quantitative estimate of drug-likeness (QED) is 0.778. The number of nitrogens with one attached hydrogen (secondary N) is 1. The van der Waals surface area contributed by atoms with Crippen molar-refractivity contribution in [1.29, 1.82) is 0 Å². The number of hydrogen-bond acceptors (Lipinski definition) is 4. The van der Waals surface area contributed by atoms with Crippen LogP contribution in [-0.4, -0.2) is 31.8 Å². The van der Waals surface area contributed by atoms with E-state index in [2.05, 4.69) is 12.2 Å². The number of ether oxygens (including phenoxy) is 2. The average molecular weight is 235 g/mol. The fourth-order valence-electron chi connectivity index (χ4n) is 1.64. The van der Waals surface area contributed by atoms with Crippen LogP contribution in [0.25, 0.3) is 0 Å². The minimum Gasteiger partial charge on any atom is -0.482 e. The van der Waals surface area contributed by atoms with Crippen molar-refractivity contribution < 1.29 is 14.3 Å². The monoisotopic (exact) mass is 235 g/mol. The first-order chi connectivity index (χ1) is 8.29. The zero-order valence-electron chi connectivity index (χ0n) is 9.94. The van der Waals surface area contributed by atoms with Crippen molar-refractivity contribution in [1.82, 2.24) is 5.32 Å². The molecule has 0 unspecified atom stereocenters. The van der Waals surface area contributed by atoms with Crippen molar-refractivity contribution in [3.8, 4) is 5.75 Å². The Bertz CT molecular complexity index is 388. The molecule has 1 fully saturated rings. The smallest absolute Gasteiger partial charge is 0.344 e. The third kappa shape index (κ3) is 3.20. The molecule has 92 valence electrons. The Balaban J connectivity index is 1.81. The summed E-state index contributed by atoms with van der Waals surface area (Å²) in [7, 11) is 0. The van der Waals surface area contributed by atoms with Gasteiger partial charge in [-0.15, -0.1) is 0 Å². The standard InChI is InChI=1S/C13H17NO3/c1-2-10-5-3-4-6-12(10)16-9-13(15)17-11-7-14-8-11/h3-6,11,14H,2,7-9H2,1H3. The maximum absolute atomic E-state index is 11.4. The van der Waals surface area contributed by atoms with E-state index in [4.69, 9.17) is 9.47 Å². The van der Waals surface area contributed by atoms with Crippen molar-refractivity contribution in [2.24, 2.45) is 0 Å². The van der Waals surface area contributed by atoms with E-state index in [9.17, 15) is 4.79 Å². The second-order valence-electron chi connectivity index (χ2n) is 4.02. The first kappa shape index (κ1) is 11.9. The van der Waals surface area contributed by atoms with Crippen LogP contribution in [0, 0.1) is 0 Å². The molecule has 1 aromatic rings. The van der Waals surface area contributed by atoms with Gasteiger partial charge in [-0.1, -0.05) is 25.1 Å². The maximum atomic E-state index is 11.4. The van der Waals surface area contributed by atoms with Crippen LogP contribution in [0.3, 0.4) is 0 Å². The highest BCUT2D eigenvalue weighted by molar-refractivity contribution is 5.71. The first-order valence-corrected chi connectivity index (χ1v) is 5.90. The normalized spacial score (nSPS) is 15.1. The van der Waals surface area contributed by atoms with Crippen LogP contribution < -0.4 is 10.1 Å². The summed E-state index contributed by atoms with van der Waals surface area (Å²) in [6.45, 7) is 3.53. The topological polar surface area (TPSA) is 47.6 Å². The molecule has 0 spiro atoms. The zero-order valence-corrected chi connectivity index (χ0v) is 9.94. The van der Waals surface area contributed by atoms with Gasteiger partial charge < -0.3 is 14.8 Å². The molecular formula is C13H17NO3. The molecule has 0 amide bonds. The van der Waals surface area contributed by atoms with Crippen molar-refractivity contribution in [3.05, 3.63) is 29.8 Å². The molecule has 2 rings (SSSR count). The van der Waals surface area contributed by atoms with Gasteiger partial charge in [0.1, 0.15) is 11.9 Å². The predicted molar refractivity (Wildman–Crippen MR) is 64.1 cm³/mol. The van der Waals surface area contributed by atoms with Crippen LogP contribution in [0.1, 0.15) is 12.5 Å². The maximum Gasteiger partial charge on any atom is 0.344 e. The molecule has 1 N–H and O–H groups in total. The lowest BCUT2D eigenvalue weighted by Gasteiger charge is -2.26. The summed E-state index contributed by atoms with van der Waals surface area (Å²) >= 11 is 0. The third-order valence-electron chi connectivity index (χ3n) is 2.74. The van der Waals surface area contributed by atoms with Gasteiger partial charge in [0.25, 0.3) is 0 Å². The summed E-state index contributed by atoms with van der Waals surface area (Å²) in [5.41, 5.74) is 1.10. The summed E-state index contributed by atoms with van der Waals surface area (Å²) in [6.07, 6.45) is 0.908. The molecule has 1 aliphatic heterocycles. The molecule has 0 bridgehead atoms. The van der Waals surface area contributed by atoms with Gasteiger partial charge in [-0.2, -0.15) is 0 Å². The lowest BCUT2D eigenvalue weighted by molar-refractivity contribution is -0.153. The number of aryl methyl sites for hydroxylation is 1. The highest BCUT2D eigenvalue weighted by Gasteiger charge is 2.21. The number of rotatable bonds is 5. The summed E-state index contributed by atoms with van der Waals surface area (Å²) in [4.78, 5) is 11.4. The summed E-state index contributed by atoms with van der Waals surface area (Å²) in [5, 5.41) is 3.04. The van der Waals surface area contributed by atoms with Crippen molar-refractivity contribution in [2.75, 3.05) is 19.7 Å². The number of benzene rings is 1. The molecule has 0 saturated carbocycles. The van der Waals surface area contributed by atoms with Gasteiger partial charge in [0.2, 0.25) is 0 Å². The lowest BCUT2D eigenvalue weighted by Crippen LogP contribution is -2.49. The summed E-state index contributed by atoms with van der Waals surface area (Å²) < 4.78 is 10.6. The van der Waals surface area contributed by atoms with Gasteiger partial charge in [-0.25, -0.2) is 4.79 Å². The second kappa shape index (κ2) is 5.68. The molecule has 1 saturated heterocycles. The van der Waals surface area contributed by atoms with Crippen LogP contribution in [0.4, 0.5) is 0 Å². The summed E-state index contributed by atoms with van der Waals surface area (Å²) in [5.74, 6) is 0.459. The highest BCUT2D eigenvalue weighted by atomic mass is 16.6. The first-order valence-electron chi connectivity index (χ1n) is 5.90. The van der Waals surface area contributed by atoms with Crippen LogP contribution in [0.15, 0.2) is 24.3 Å². The Kier molecular flexibility index (Phi) is 3.98. The van der Waals surface area contributed by atoms with Gasteiger partial charge >= 0.3 is 5.97 Å². The van der Waals surface area contributed by atoms with Crippen LogP contribution in [-0.2, 0) is 16.0 Å². The summed E-state index contributed by atoms with van der Waals surface area (Å²) in [6, 6.07) is 7.73. The molecule has 4 nitrogen and oxygen atoms in total. The van der Waals surface area contributed by atoms with Gasteiger partial charge in [0.15, 0.2) is 6.61 Å². The van der Waals surface area contributed by atoms with Crippen molar-refractivity contribution >= 4 is 5.97 Å². The van der Waals surface area contributed by atoms with Gasteiger partial charge in [0.05, 0.1) is 0 Å². The van der Waals surface area contributed by atoms with Crippen molar-refractivity contribution in [2.45, 2.75) is 19.4 Å². The van der Waals surface area contributed by atoms with E-state index < -0.39 is 0 Å². The van der Waals surface area contributed by atoms with Crippen LogP contribution >= 0.6 is 0 Å². The molecule has 0 aliphatic carbocycles. The van der Waals surface area contributed by atoms with Gasteiger partial charge in [0, 0.05) is 13.1 Å². The van der Waals surface area contributed by atoms with Gasteiger partial charge in [-0.3, -0.25) is 0 Å². The largest absolute Gasteiger partial charge is 0.482 e. The Hall–Kier alpha value is -1.55. The number of para-hydroxylation sites is 1. The highest BCUT2D eigenvalue weighted by Crippen LogP contribution is 2.18. The molecule has 4 heteroatoms. The molecule has 1 aromatic carbocycles. The van der Waals surface area contributed by atoms with E-state index in [0.29, 0.717) is 0 Å². The molecule has 1 aliphatic rings. The predicted octanol–water partition coefficient (Wildman–Crippen LogP) is 1.14. The lowest BCUT2D eigenvalue weighted by atomic mass is 10.1. The molecule has 17 heavy (non-hydrogen) atoms. The third-order valence-corrected chi connectivity index (χ3v) is 2.74. The minimum atomic E-state index is -0.303. The van der Waals surface area contributed by atoms with Crippen molar-refractivity contribution in [3.63, 3.8) is 0 Å². The molecule has 1 heterocycles. The number of esters is 1. The van der Waals surface area contributed by atoms with Gasteiger partial charge in [-0.05, 0) is 18.1 Å². The van der Waals surface area contributed by atoms with E-state index in [1.807, 2.05) is 24.3 Å². The SMILES string of the molecule is CCc1ccccc1OCC(=O)OC1CNC1. The van der Waals surface area contributed by atoms with Crippen LogP contribution in [0.2, 0.25) is 0 Å². The van der Waals surface area contributed by atoms with E-state index in [1.54, 1.807) is 0 Å².